The summed E-state index contributed by atoms with van der Waals surface area (Å²) < 4.78 is 0.810. The lowest BCUT2D eigenvalue weighted by molar-refractivity contribution is 0.535. The number of hydrogen-bond donors (Lipinski definition) is 2. The molecule has 0 spiro atoms. The summed E-state index contributed by atoms with van der Waals surface area (Å²) in [6.45, 7) is 0. The molecule has 19 heavy (non-hydrogen) atoms. The molecular weight excluding hydrogens is 346 g/mol. The maximum Gasteiger partial charge on any atom is 0.172 e. The van der Waals surface area contributed by atoms with Gasteiger partial charge < -0.3 is 10.6 Å². The van der Waals surface area contributed by atoms with Crippen LogP contribution in [0.5, 0.6) is 0 Å². The van der Waals surface area contributed by atoms with Crippen molar-refractivity contribution in [1.29, 1.82) is 0 Å². The maximum atomic E-state index is 5.86. The van der Waals surface area contributed by atoms with Gasteiger partial charge in [0.15, 0.2) is 5.11 Å². The number of pyridine rings is 1. The van der Waals surface area contributed by atoms with Gasteiger partial charge in [0.25, 0.3) is 0 Å². The summed E-state index contributed by atoms with van der Waals surface area (Å²) in [6, 6.07) is 2.28. The third-order valence-corrected chi connectivity index (χ3v) is 4.26. The van der Waals surface area contributed by atoms with Crippen LogP contribution in [-0.2, 0) is 0 Å². The Morgan fingerprint density at radius 2 is 2.00 bits per heavy atom. The summed E-state index contributed by atoms with van der Waals surface area (Å²) in [7, 11) is 0. The minimum atomic E-state index is 0.480. The van der Waals surface area contributed by atoms with Gasteiger partial charge in [-0.05, 0) is 47.1 Å². The van der Waals surface area contributed by atoms with Gasteiger partial charge >= 0.3 is 0 Å². The van der Waals surface area contributed by atoms with E-state index in [1.54, 1.807) is 12.3 Å². The molecule has 0 unspecified atom stereocenters. The number of thiocarbonyl (C=S) groups is 1. The zero-order valence-corrected chi connectivity index (χ0v) is 13.7. The van der Waals surface area contributed by atoms with E-state index in [-0.39, 0.29) is 0 Å². The number of halogens is 2. The molecule has 2 rings (SSSR count). The van der Waals surface area contributed by atoms with Crippen molar-refractivity contribution in [2.45, 2.75) is 44.6 Å². The lowest BCUT2D eigenvalue weighted by Gasteiger charge is -2.19. The third kappa shape index (κ3) is 4.89. The van der Waals surface area contributed by atoms with E-state index in [2.05, 4.69) is 31.5 Å². The van der Waals surface area contributed by atoms with Gasteiger partial charge in [0.05, 0.1) is 9.50 Å². The fourth-order valence-corrected chi connectivity index (χ4v) is 3.26. The fraction of sp³-hybridized carbons (Fsp3) is 0.538. The maximum absolute atomic E-state index is 5.86. The second-order valence-electron chi connectivity index (χ2n) is 4.77. The van der Waals surface area contributed by atoms with Gasteiger partial charge in [-0.3, -0.25) is 0 Å². The van der Waals surface area contributed by atoms with E-state index in [4.69, 9.17) is 23.8 Å². The van der Waals surface area contributed by atoms with E-state index in [0.717, 1.165) is 4.47 Å². The second kappa shape index (κ2) is 7.41. The molecule has 1 aromatic heterocycles. The van der Waals surface area contributed by atoms with E-state index in [1.165, 1.54) is 38.5 Å². The van der Waals surface area contributed by atoms with Crippen LogP contribution in [0.25, 0.3) is 0 Å². The predicted molar refractivity (Wildman–Crippen MR) is 87.8 cm³/mol. The smallest absolute Gasteiger partial charge is 0.172 e. The molecule has 3 nitrogen and oxygen atoms in total. The summed E-state index contributed by atoms with van der Waals surface area (Å²) in [4.78, 5) is 4.21. The molecule has 6 heteroatoms. The van der Waals surface area contributed by atoms with Crippen LogP contribution in [0.2, 0.25) is 5.02 Å². The fourth-order valence-electron chi connectivity index (χ4n) is 2.26. The Labute approximate surface area is 132 Å². The van der Waals surface area contributed by atoms with Crippen molar-refractivity contribution in [3.63, 3.8) is 0 Å². The highest BCUT2D eigenvalue weighted by Crippen LogP contribution is 2.23. The molecule has 1 aliphatic rings. The van der Waals surface area contributed by atoms with Crippen molar-refractivity contribution in [2.75, 3.05) is 5.32 Å². The van der Waals surface area contributed by atoms with Gasteiger partial charge in [0.1, 0.15) is 5.82 Å². The molecular formula is C13H17BrClN3S. The first-order valence-corrected chi connectivity index (χ1v) is 8.11. The van der Waals surface area contributed by atoms with Crippen LogP contribution in [0.1, 0.15) is 38.5 Å². The van der Waals surface area contributed by atoms with E-state index >= 15 is 0 Å². The molecule has 0 aliphatic heterocycles. The van der Waals surface area contributed by atoms with E-state index < -0.39 is 0 Å². The van der Waals surface area contributed by atoms with Gasteiger partial charge in [0, 0.05) is 12.2 Å². The van der Waals surface area contributed by atoms with Crippen LogP contribution < -0.4 is 10.6 Å². The highest BCUT2D eigenvalue weighted by molar-refractivity contribution is 9.10. The molecule has 0 bridgehead atoms. The summed E-state index contributed by atoms with van der Waals surface area (Å²) in [6.07, 6.45) is 9.22. The van der Waals surface area contributed by atoms with E-state index in [9.17, 15) is 0 Å². The number of nitrogens with zero attached hydrogens (tertiary/aromatic N) is 1. The Morgan fingerprint density at radius 3 is 2.63 bits per heavy atom. The van der Waals surface area contributed by atoms with E-state index in [1.807, 2.05) is 0 Å². The number of aromatic nitrogens is 1. The highest BCUT2D eigenvalue weighted by atomic mass is 79.9. The standard InChI is InChI=1S/C13H17BrClN3S/c14-11-7-9(15)8-16-12(11)18-13(19)17-10-5-3-1-2-4-6-10/h7-8,10H,1-6H2,(H2,16,17,18,19). The molecule has 0 saturated heterocycles. The first kappa shape index (κ1) is 15.0. The Morgan fingerprint density at radius 1 is 1.32 bits per heavy atom. The summed E-state index contributed by atoms with van der Waals surface area (Å²) in [5.74, 6) is 0.690. The van der Waals surface area contributed by atoms with Gasteiger partial charge in [-0.25, -0.2) is 4.98 Å². The Hall–Kier alpha value is -0.390. The first-order chi connectivity index (χ1) is 9.15. The Balaban J connectivity index is 1.89. The summed E-state index contributed by atoms with van der Waals surface area (Å²) in [5, 5.41) is 7.71. The van der Waals surface area contributed by atoms with Crippen LogP contribution in [0.15, 0.2) is 16.7 Å². The van der Waals surface area contributed by atoms with Gasteiger partial charge in [-0.15, -0.1) is 0 Å². The molecule has 0 aromatic carbocycles. The SMILES string of the molecule is S=C(Nc1ncc(Cl)cc1Br)NC1CCCCCC1. The van der Waals surface area contributed by atoms with Crippen molar-refractivity contribution in [3.05, 3.63) is 21.8 Å². The van der Waals surface area contributed by atoms with Crippen LogP contribution in [-0.4, -0.2) is 16.1 Å². The average molecular weight is 363 g/mol. The molecule has 1 aromatic rings. The molecule has 1 fully saturated rings. The second-order valence-corrected chi connectivity index (χ2v) is 6.47. The largest absolute Gasteiger partial charge is 0.360 e. The monoisotopic (exact) mass is 361 g/mol. The quantitative estimate of drug-likeness (QED) is 0.599. The minimum Gasteiger partial charge on any atom is -0.360 e. The number of hydrogen-bond acceptors (Lipinski definition) is 2. The Bertz CT molecular complexity index is 448. The number of anilines is 1. The lowest BCUT2D eigenvalue weighted by Crippen LogP contribution is -2.37. The summed E-state index contributed by atoms with van der Waals surface area (Å²) >= 11 is 14.6. The Kier molecular flexibility index (Phi) is 5.85. The zero-order chi connectivity index (χ0) is 13.7. The number of nitrogens with one attached hydrogen (secondary N) is 2. The molecule has 1 aliphatic carbocycles. The third-order valence-electron chi connectivity index (χ3n) is 3.23. The first-order valence-electron chi connectivity index (χ1n) is 6.54. The number of rotatable bonds is 2. The molecule has 1 heterocycles. The van der Waals surface area contributed by atoms with Gasteiger partial charge in [-0.2, -0.15) is 0 Å². The molecule has 104 valence electrons. The van der Waals surface area contributed by atoms with Crippen molar-refractivity contribution in [3.8, 4) is 0 Å². The topological polar surface area (TPSA) is 37.0 Å². The minimum absolute atomic E-state index is 0.480. The molecule has 1 saturated carbocycles. The molecule has 0 atom stereocenters. The molecule has 2 N–H and O–H groups in total. The highest BCUT2D eigenvalue weighted by Gasteiger charge is 2.13. The van der Waals surface area contributed by atoms with Gasteiger partial charge in [0.2, 0.25) is 0 Å². The van der Waals surface area contributed by atoms with Crippen LogP contribution in [0.3, 0.4) is 0 Å². The van der Waals surface area contributed by atoms with Crippen molar-refractivity contribution in [2.24, 2.45) is 0 Å². The van der Waals surface area contributed by atoms with Crippen LogP contribution >= 0.6 is 39.7 Å². The van der Waals surface area contributed by atoms with Crippen molar-refractivity contribution < 1.29 is 0 Å². The summed E-state index contributed by atoms with van der Waals surface area (Å²) in [5.41, 5.74) is 0. The van der Waals surface area contributed by atoms with Crippen molar-refractivity contribution in [1.82, 2.24) is 10.3 Å². The van der Waals surface area contributed by atoms with Gasteiger partial charge in [-0.1, -0.05) is 37.3 Å². The predicted octanol–water partition coefficient (Wildman–Crippen LogP) is 4.51. The van der Waals surface area contributed by atoms with Crippen LogP contribution in [0.4, 0.5) is 5.82 Å². The molecule has 0 amide bonds. The lowest BCUT2D eigenvalue weighted by atomic mass is 10.1. The normalized spacial score (nSPS) is 16.7. The molecule has 0 radical (unpaired) electrons. The van der Waals surface area contributed by atoms with Crippen molar-refractivity contribution >= 4 is 50.7 Å². The average Bonchev–Trinajstić information content (AvgIpc) is 2.61. The zero-order valence-electron chi connectivity index (χ0n) is 10.6. The van der Waals surface area contributed by atoms with E-state index in [0.29, 0.717) is 22.0 Å². The van der Waals surface area contributed by atoms with Crippen LogP contribution in [0, 0.1) is 0 Å².